The van der Waals surface area contributed by atoms with Gasteiger partial charge in [-0.05, 0) is 126 Å². The summed E-state index contributed by atoms with van der Waals surface area (Å²) in [5.41, 5.74) is 20.4. The van der Waals surface area contributed by atoms with Crippen LogP contribution >= 0.6 is 0 Å². The van der Waals surface area contributed by atoms with Gasteiger partial charge in [-0.1, -0.05) is 206 Å². The van der Waals surface area contributed by atoms with Crippen molar-refractivity contribution in [2.45, 2.75) is 67.2 Å². The Morgan fingerprint density at radius 1 is 0.167 bits per heavy atom. The molecule has 8 heteroatoms. The molecule has 0 aliphatic heterocycles. The number of hydrogen-bond acceptors (Lipinski definition) is 0. The first-order chi connectivity index (χ1) is 60.9. The van der Waals surface area contributed by atoms with E-state index in [1.165, 1.54) is 21.5 Å². The fourth-order valence-electron chi connectivity index (χ4n) is 23.6. The van der Waals surface area contributed by atoms with Gasteiger partial charge < -0.3 is 35.5 Å². The molecule has 8 nitrogen and oxygen atoms in total. The predicted molar refractivity (Wildman–Crippen MR) is 487 cm³/mol. The number of para-hydroxylation sites is 10. The van der Waals surface area contributed by atoms with Gasteiger partial charge in [0.15, 0.2) is 0 Å². The Bertz CT molecular complexity index is 9690. The zero-order valence-electron chi connectivity index (χ0n) is 74.0. The third kappa shape index (κ3) is 6.31. The fraction of sp³-hybridized carbons (Fsp3) is 0.0943. The molecule has 0 radical (unpaired) electrons. The van der Waals surface area contributed by atoms with Crippen molar-refractivity contribution in [2.24, 2.45) is 0 Å². The van der Waals surface area contributed by atoms with Crippen LogP contribution in [-0.2, 0) is 0 Å². The third-order valence-corrected chi connectivity index (χ3v) is 27.4. The van der Waals surface area contributed by atoms with E-state index in [0.717, 1.165) is 207 Å². The molecule has 16 aromatic carbocycles. The molecule has 0 atom stereocenters. The van der Waals surface area contributed by atoms with Crippen LogP contribution in [0.1, 0.15) is 78.5 Å². The average Bonchev–Trinajstić information content (AvgIpc) is 1.48. The maximum atomic E-state index is 9.53. The number of aryl methyl sites for hydroxylation is 4. The molecule has 14 aromatic heterocycles. The quantitative estimate of drug-likeness (QED) is 0.165. The highest BCUT2D eigenvalue weighted by molar-refractivity contribution is 6.41. The van der Waals surface area contributed by atoms with E-state index in [9.17, 15) is 16.4 Å². The average molecular weight is 1470 g/mol. The van der Waals surface area contributed by atoms with Gasteiger partial charge in [0.25, 0.3) is 0 Å². The van der Waals surface area contributed by atoms with Gasteiger partial charge in [0, 0.05) is 190 Å². The Balaban J connectivity index is 0.000000126. The second kappa shape index (κ2) is 19.6. The van der Waals surface area contributed by atoms with Crippen LogP contribution in [0.2, 0.25) is 0 Å². The van der Waals surface area contributed by atoms with Crippen LogP contribution in [0.4, 0.5) is 0 Å². The summed E-state index contributed by atoms with van der Waals surface area (Å²) in [4.78, 5) is 0. The summed E-state index contributed by atoms with van der Waals surface area (Å²) >= 11 is 0. The first-order valence-corrected chi connectivity index (χ1v) is 39.7. The molecule has 0 unspecified atom stereocenters. The van der Waals surface area contributed by atoms with E-state index < -0.39 is 27.4 Å². The molecular weight excluding hydrogens is 1390 g/mol. The van der Waals surface area contributed by atoms with Gasteiger partial charge in [0.1, 0.15) is 0 Å². The Hall–Kier alpha value is -14.1. The van der Waals surface area contributed by atoms with Crippen LogP contribution in [-0.4, -0.2) is 35.5 Å². The lowest BCUT2D eigenvalue weighted by atomic mass is 9.96. The van der Waals surface area contributed by atoms with Crippen LogP contribution in [0.5, 0.6) is 0 Å². The van der Waals surface area contributed by atoms with E-state index >= 15 is 0 Å². The van der Waals surface area contributed by atoms with E-state index in [1.54, 1.807) is 0 Å². The number of fused-ring (bicyclic) bond motifs is 46. The molecule has 30 aromatic rings. The lowest BCUT2D eigenvalue weighted by Gasteiger charge is -2.13. The Labute approximate surface area is 664 Å². The summed E-state index contributed by atoms with van der Waals surface area (Å²) in [7, 11) is 0. The van der Waals surface area contributed by atoms with Crippen molar-refractivity contribution >= 4 is 272 Å². The van der Waals surface area contributed by atoms with Crippen molar-refractivity contribution in [3.63, 3.8) is 0 Å². The minimum Gasteiger partial charge on any atom is -0.337 e. The SMILES string of the molecule is [2H]C([2H])([2H])c1c2c3cccc4c5c(ccc6c7cccc8c9ccccc9n(c87)c65)n(c2c(C([2H])([2H])[2H])c2c5cccc6c7c(ccc8c9cccc%10c%11ccccc%11n(c%109)c87)n(c12)c56)c34.[2H]C([2H])([2H])c1c2c3cccc4c5c6c(ccc5n(c2c(C([2H])([2H])[2H])c2c5cccc7c8c9c(ccc8n(c12)c57)c1ccccc1n9C(C)C)c34)c1ccccc1n6C(C)C. The number of aromatic nitrogens is 8. The van der Waals surface area contributed by atoms with Crippen molar-refractivity contribution in [3.05, 3.63) is 277 Å². The smallest absolute Gasteiger partial charge is 0.0641 e. The normalized spacial score (nSPS) is 15.4. The summed E-state index contributed by atoms with van der Waals surface area (Å²) in [5, 5.41) is 26.7. The molecule has 114 heavy (non-hydrogen) atoms. The van der Waals surface area contributed by atoms with Gasteiger partial charge in [-0.2, -0.15) is 0 Å². The van der Waals surface area contributed by atoms with Gasteiger partial charge in [-0.15, -0.1) is 0 Å². The van der Waals surface area contributed by atoms with Crippen LogP contribution in [0, 0.1) is 27.4 Å². The fourth-order valence-corrected chi connectivity index (χ4v) is 23.6. The van der Waals surface area contributed by atoms with E-state index in [-0.39, 0.29) is 34.3 Å². The van der Waals surface area contributed by atoms with Crippen LogP contribution < -0.4 is 0 Å². The Morgan fingerprint density at radius 2 is 0.368 bits per heavy atom. The molecule has 14 heterocycles. The molecule has 0 amide bonds. The summed E-state index contributed by atoms with van der Waals surface area (Å²) in [6.45, 7) is -1.70. The summed E-state index contributed by atoms with van der Waals surface area (Å²) in [6.07, 6.45) is 0. The molecule has 0 saturated carbocycles. The minimum atomic E-state index is -2.64. The van der Waals surface area contributed by atoms with Gasteiger partial charge in [0.05, 0.1) is 110 Å². The highest BCUT2D eigenvalue weighted by Crippen LogP contribution is 2.56. The van der Waals surface area contributed by atoms with Crippen molar-refractivity contribution in [3.8, 4) is 0 Å². The highest BCUT2D eigenvalue weighted by Gasteiger charge is 2.34. The van der Waals surface area contributed by atoms with Crippen molar-refractivity contribution in [1.29, 1.82) is 0 Å². The van der Waals surface area contributed by atoms with Crippen molar-refractivity contribution < 1.29 is 16.4 Å². The second-order valence-electron chi connectivity index (χ2n) is 33.0. The minimum absolute atomic E-state index is 0.145. The number of rotatable bonds is 2. The summed E-state index contributed by atoms with van der Waals surface area (Å²) < 4.78 is 132. The molecular formula is C106H68N8. The van der Waals surface area contributed by atoms with Gasteiger partial charge >= 0.3 is 0 Å². The lowest BCUT2D eigenvalue weighted by Crippen LogP contribution is -2.00. The van der Waals surface area contributed by atoms with Crippen LogP contribution in [0.25, 0.3) is 272 Å². The molecule has 0 fully saturated rings. The maximum absolute atomic E-state index is 9.53. The molecule has 532 valence electrons. The van der Waals surface area contributed by atoms with Gasteiger partial charge in [-0.25, -0.2) is 0 Å². The molecule has 0 bridgehead atoms. The van der Waals surface area contributed by atoms with Crippen LogP contribution in [0.3, 0.4) is 0 Å². The summed E-state index contributed by atoms with van der Waals surface area (Å²) in [5.74, 6) is 0. The third-order valence-electron chi connectivity index (χ3n) is 27.4. The van der Waals surface area contributed by atoms with Crippen molar-refractivity contribution in [2.75, 3.05) is 0 Å². The van der Waals surface area contributed by atoms with Crippen molar-refractivity contribution in [1.82, 2.24) is 35.5 Å². The molecule has 0 N–H and O–H groups in total. The number of hydrogen-bond donors (Lipinski definition) is 0. The molecule has 0 aliphatic carbocycles. The first-order valence-electron chi connectivity index (χ1n) is 45.7. The molecule has 0 spiro atoms. The maximum Gasteiger partial charge on any atom is 0.0641 e. The molecule has 0 saturated heterocycles. The van der Waals surface area contributed by atoms with Crippen LogP contribution in [0.15, 0.2) is 255 Å². The van der Waals surface area contributed by atoms with E-state index in [1.807, 2.05) is 48.5 Å². The first kappa shape index (κ1) is 49.9. The molecule has 0 aliphatic rings. The highest BCUT2D eigenvalue weighted by atomic mass is 15.0. The predicted octanol–water partition coefficient (Wildman–Crippen LogP) is 28.9. The lowest BCUT2D eigenvalue weighted by molar-refractivity contribution is 0.643. The van der Waals surface area contributed by atoms with E-state index in [0.29, 0.717) is 43.6 Å². The summed E-state index contributed by atoms with van der Waals surface area (Å²) in [6, 6.07) is 88.8. The number of nitrogens with zero attached hydrogens (tertiary/aromatic N) is 8. The Morgan fingerprint density at radius 3 is 0.658 bits per heavy atom. The number of benzene rings is 16. The zero-order chi connectivity index (χ0) is 84.6. The van der Waals surface area contributed by atoms with Gasteiger partial charge in [0.2, 0.25) is 0 Å². The van der Waals surface area contributed by atoms with Gasteiger partial charge in [-0.3, -0.25) is 0 Å². The topological polar surface area (TPSA) is 36.3 Å². The van der Waals surface area contributed by atoms with E-state index in [2.05, 4.69) is 269 Å². The largest absolute Gasteiger partial charge is 0.337 e. The monoisotopic (exact) mass is 1460 g/mol. The molecule has 30 rings (SSSR count). The Kier molecular flexibility index (Phi) is 8.59. The zero-order valence-corrected chi connectivity index (χ0v) is 62.0. The second-order valence-corrected chi connectivity index (χ2v) is 33.0. The van der Waals surface area contributed by atoms with E-state index in [4.69, 9.17) is 0 Å². The standard InChI is InChI=1S/C56H30N4.C50H38N4/c1-27-45-37-17-9-19-39-48-44(26-24-36-34-16-8-14-32-30-12-4-6-22-42(30)58(52(32)34)56(36)48)60(53(37)39)50(45)28(2)46-38-18-10-20-40-47-43(59(49(27)46)54(38)40)25-23-35-33-15-7-13-31-29-11-3-5-21-41(29)57(51(31)33)55(35)47;1-25(2)51-37-19-9-7-13-29(37)31-21-23-39-43(49(31)51)35-17-11-15-33-41-28(6)46-42(27(5)45(41)53(39)47(33)35)34-16-12-18-36-44-40(54(46)48(34)36)24-22-32-30-14-8-10-20-38(30)52(26(3)4)50(32)44/h3-26H,1-2H3;7-26H,1-6H3/i1D3,2D3;5D3,6D3.